The SMILES string of the molecule is CCCCCN1CC(=O)N(COC)C1=O. The van der Waals surface area contributed by atoms with Gasteiger partial charge in [-0.3, -0.25) is 4.79 Å². The maximum Gasteiger partial charge on any atom is 0.329 e. The van der Waals surface area contributed by atoms with Gasteiger partial charge in [0.2, 0.25) is 0 Å². The van der Waals surface area contributed by atoms with E-state index in [1.54, 1.807) is 4.90 Å². The lowest BCUT2D eigenvalue weighted by molar-refractivity contribution is -0.128. The Labute approximate surface area is 90.0 Å². The molecule has 5 nitrogen and oxygen atoms in total. The largest absolute Gasteiger partial charge is 0.364 e. The number of hydrogen-bond donors (Lipinski definition) is 0. The summed E-state index contributed by atoms with van der Waals surface area (Å²) in [7, 11) is 1.47. The van der Waals surface area contributed by atoms with E-state index in [0.717, 1.165) is 24.2 Å². The number of imide groups is 1. The molecule has 5 heteroatoms. The van der Waals surface area contributed by atoms with Crippen molar-refractivity contribution in [2.24, 2.45) is 0 Å². The van der Waals surface area contributed by atoms with Gasteiger partial charge in [0.15, 0.2) is 0 Å². The number of hydrogen-bond acceptors (Lipinski definition) is 3. The van der Waals surface area contributed by atoms with Gasteiger partial charge >= 0.3 is 6.03 Å². The van der Waals surface area contributed by atoms with Crippen LogP contribution >= 0.6 is 0 Å². The minimum absolute atomic E-state index is 0.0575. The fraction of sp³-hybridized carbons (Fsp3) is 0.800. The number of methoxy groups -OCH3 is 1. The Kier molecular flexibility index (Phi) is 4.55. The molecule has 0 unspecified atom stereocenters. The molecule has 0 radical (unpaired) electrons. The number of rotatable bonds is 6. The number of ether oxygens (including phenoxy) is 1. The van der Waals surface area contributed by atoms with Crippen LogP contribution < -0.4 is 0 Å². The maximum absolute atomic E-state index is 11.7. The molecule has 1 saturated heterocycles. The predicted octanol–water partition coefficient (Wildman–Crippen LogP) is 1.04. The highest BCUT2D eigenvalue weighted by Crippen LogP contribution is 2.11. The summed E-state index contributed by atoms with van der Waals surface area (Å²) in [5.74, 6) is -0.168. The van der Waals surface area contributed by atoms with Crippen LogP contribution in [0.4, 0.5) is 4.79 Å². The predicted molar refractivity (Wildman–Crippen MR) is 55.2 cm³/mol. The molecule has 1 rings (SSSR count). The number of nitrogens with zero attached hydrogens (tertiary/aromatic N) is 2. The molecule has 0 aromatic rings. The van der Waals surface area contributed by atoms with Gasteiger partial charge in [-0.05, 0) is 6.42 Å². The van der Waals surface area contributed by atoms with Gasteiger partial charge in [0, 0.05) is 13.7 Å². The number of urea groups is 1. The normalized spacial score (nSPS) is 16.7. The first-order valence-electron chi connectivity index (χ1n) is 5.29. The van der Waals surface area contributed by atoms with E-state index >= 15 is 0 Å². The molecule has 3 amide bonds. The molecule has 0 aromatic carbocycles. The van der Waals surface area contributed by atoms with Crippen molar-refractivity contribution in [1.82, 2.24) is 9.80 Å². The van der Waals surface area contributed by atoms with Crippen molar-refractivity contribution >= 4 is 11.9 Å². The Hall–Kier alpha value is -1.10. The highest BCUT2D eigenvalue weighted by Gasteiger charge is 2.35. The molecule has 86 valence electrons. The number of carbonyl (C=O) groups excluding carboxylic acids is 2. The summed E-state index contributed by atoms with van der Waals surface area (Å²) in [5.41, 5.74) is 0. The van der Waals surface area contributed by atoms with Gasteiger partial charge in [0.1, 0.15) is 13.3 Å². The third kappa shape index (κ3) is 2.92. The summed E-state index contributed by atoms with van der Waals surface area (Å²) in [6, 6.07) is -0.224. The van der Waals surface area contributed by atoms with Gasteiger partial charge < -0.3 is 9.64 Å². The summed E-state index contributed by atoms with van der Waals surface area (Å²) in [6.07, 6.45) is 3.15. The molecule has 1 aliphatic heterocycles. The van der Waals surface area contributed by atoms with Crippen molar-refractivity contribution < 1.29 is 14.3 Å². The second-order valence-electron chi connectivity index (χ2n) is 3.65. The van der Waals surface area contributed by atoms with E-state index < -0.39 is 0 Å². The quantitative estimate of drug-likeness (QED) is 0.490. The summed E-state index contributed by atoms with van der Waals surface area (Å²) in [4.78, 5) is 25.8. The Morgan fingerprint density at radius 2 is 2.07 bits per heavy atom. The third-order valence-electron chi connectivity index (χ3n) is 2.42. The third-order valence-corrected chi connectivity index (χ3v) is 2.42. The van der Waals surface area contributed by atoms with Crippen LogP contribution in [0.25, 0.3) is 0 Å². The topological polar surface area (TPSA) is 49.9 Å². The van der Waals surface area contributed by atoms with Crippen LogP contribution in [0.15, 0.2) is 0 Å². The van der Waals surface area contributed by atoms with Gasteiger partial charge in [-0.1, -0.05) is 19.8 Å². The zero-order chi connectivity index (χ0) is 11.3. The summed E-state index contributed by atoms with van der Waals surface area (Å²) in [5, 5.41) is 0. The fourth-order valence-corrected chi connectivity index (χ4v) is 1.58. The summed E-state index contributed by atoms with van der Waals surface area (Å²) < 4.78 is 4.80. The first-order chi connectivity index (χ1) is 7.20. The molecule has 1 heterocycles. The second kappa shape index (κ2) is 5.70. The van der Waals surface area contributed by atoms with Crippen LogP contribution in [0.2, 0.25) is 0 Å². The zero-order valence-electron chi connectivity index (χ0n) is 9.36. The van der Waals surface area contributed by atoms with Crippen molar-refractivity contribution in [3.05, 3.63) is 0 Å². The molecule has 0 aromatic heterocycles. The van der Waals surface area contributed by atoms with Crippen molar-refractivity contribution in [3.8, 4) is 0 Å². The Balaban J connectivity index is 2.42. The average molecular weight is 214 g/mol. The highest BCUT2D eigenvalue weighted by molar-refractivity contribution is 6.01. The van der Waals surface area contributed by atoms with Crippen molar-refractivity contribution in [2.45, 2.75) is 26.2 Å². The van der Waals surface area contributed by atoms with Crippen LogP contribution in [0.3, 0.4) is 0 Å². The van der Waals surface area contributed by atoms with Gasteiger partial charge in [-0.25, -0.2) is 9.69 Å². The number of amides is 3. The molecule has 0 saturated carbocycles. The van der Waals surface area contributed by atoms with Crippen LogP contribution in [-0.4, -0.2) is 48.7 Å². The Morgan fingerprint density at radius 1 is 1.33 bits per heavy atom. The van der Waals surface area contributed by atoms with Gasteiger partial charge in [-0.15, -0.1) is 0 Å². The Bertz CT molecular complexity index is 243. The molecule has 0 spiro atoms. The monoisotopic (exact) mass is 214 g/mol. The van der Waals surface area contributed by atoms with Gasteiger partial charge in [0.05, 0.1) is 0 Å². The van der Waals surface area contributed by atoms with Crippen molar-refractivity contribution in [3.63, 3.8) is 0 Å². The zero-order valence-corrected chi connectivity index (χ0v) is 9.36. The first-order valence-corrected chi connectivity index (χ1v) is 5.29. The molecule has 0 aliphatic carbocycles. The molecule has 1 fully saturated rings. The van der Waals surface area contributed by atoms with E-state index in [9.17, 15) is 9.59 Å². The molecule has 15 heavy (non-hydrogen) atoms. The van der Waals surface area contributed by atoms with Crippen LogP contribution in [0.5, 0.6) is 0 Å². The van der Waals surface area contributed by atoms with E-state index in [4.69, 9.17) is 4.74 Å². The lowest BCUT2D eigenvalue weighted by atomic mass is 10.2. The molecule has 0 N–H and O–H groups in total. The molecule has 0 atom stereocenters. The summed E-state index contributed by atoms with van der Waals surface area (Å²) >= 11 is 0. The van der Waals surface area contributed by atoms with E-state index in [0.29, 0.717) is 6.54 Å². The van der Waals surface area contributed by atoms with Gasteiger partial charge in [-0.2, -0.15) is 0 Å². The van der Waals surface area contributed by atoms with E-state index in [-0.39, 0.29) is 25.2 Å². The molecule has 0 bridgehead atoms. The van der Waals surface area contributed by atoms with Gasteiger partial charge in [0.25, 0.3) is 5.91 Å². The highest BCUT2D eigenvalue weighted by atomic mass is 16.5. The van der Waals surface area contributed by atoms with Crippen LogP contribution in [-0.2, 0) is 9.53 Å². The van der Waals surface area contributed by atoms with Crippen LogP contribution in [0.1, 0.15) is 26.2 Å². The molecular formula is C10H18N2O3. The maximum atomic E-state index is 11.7. The van der Waals surface area contributed by atoms with Crippen molar-refractivity contribution in [1.29, 1.82) is 0 Å². The minimum Gasteiger partial charge on any atom is -0.364 e. The lowest BCUT2D eigenvalue weighted by Gasteiger charge is -2.15. The molecule has 1 aliphatic rings. The molecular weight excluding hydrogens is 196 g/mol. The first kappa shape index (κ1) is 12.0. The van der Waals surface area contributed by atoms with E-state index in [1.807, 2.05) is 0 Å². The standard InChI is InChI=1S/C10H18N2O3/c1-3-4-5-6-11-7-9(13)12(8-15-2)10(11)14/h3-8H2,1-2H3. The average Bonchev–Trinajstić information content (AvgIpc) is 2.47. The second-order valence-corrected chi connectivity index (χ2v) is 3.65. The fourth-order valence-electron chi connectivity index (χ4n) is 1.58. The number of carbonyl (C=O) groups is 2. The minimum atomic E-state index is -0.224. The van der Waals surface area contributed by atoms with E-state index in [1.165, 1.54) is 7.11 Å². The van der Waals surface area contributed by atoms with E-state index in [2.05, 4.69) is 6.92 Å². The number of unbranched alkanes of at least 4 members (excludes halogenated alkanes) is 2. The lowest BCUT2D eigenvalue weighted by Crippen LogP contribution is -2.34. The van der Waals surface area contributed by atoms with Crippen LogP contribution in [0, 0.1) is 0 Å². The smallest absolute Gasteiger partial charge is 0.329 e. The van der Waals surface area contributed by atoms with Crippen molar-refractivity contribution in [2.75, 3.05) is 26.9 Å². The summed E-state index contributed by atoms with van der Waals surface area (Å²) in [6.45, 7) is 3.03. The Morgan fingerprint density at radius 3 is 2.67 bits per heavy atom.